The molecule has 0 atom stereocenters. The molecule has 2 rings (SSSR count). The van der Waals surface area contributed by atoms with Gasteiger partial charge in [0.1, 0.15) is 5.75 Å². The zero-order valence-corrected chi connectivity index (χ0v) is 11.9. The molecule has 0 aliphatic heterocycles. The largest absolute Gasteiger partial charge is 0.506 e. The topological polar surface area (TPSA) is 92.5 Å². The lowest BCUT2D eigenvalue weighted by atomic mass is 10.2. The Morgan fingerprint density at radius 2 is 1.95 bits per heavy atom. The van der Waals surface area contributed by atoms with Crippen LogP contribution in [0.4, 0.5) is 11.4 Å². The van der Waals surface area contributed by atoms with E-state index in [4.69, 9.17) is 23.2 Å². The van der Waals surface area contributed by atoms with Gasteiger partial charge in [0.15, 0.2) is 0 Å². The highest BCUT2D eigenvalue weighted by Gasteiger charge is 2.16. The number of anilines is 1. The van der Waals surface area contributed by atoms with Crippen molar-refractivity contribution in [3.05, 3.63) is 62.1 Å². The van der Waals surface area contributed by atoms with Crippen LogP contribution in [0, 0.1) is 10.1 Å². The van der Waals surface area contributed by atoms with Gasteiger partial charge < -0.3 is 10.4 Å². The Balaban J connectivity index is 2.28. The van der Waals surface area contributed by atoms with Crippen LogP contribution in [0.25, 0.3) is 0 Å². The highest BCUT2D eigenvalue weighted by atomic mass is 35.5. The summed E-state index contributed by atoms with van der Waals surface area (Å²) in [5.74, 6) is -0.814. The number of phenols is 1. The SMILES string of the molecule is O=C(Nc1ccc([N+](=O)[O-])cc1Cl)c1cccc(O)c1Cl. The molecule has 0 radical (unpaired) electrons. The van der Waals surface area contributed by atoms with Crippen LogP contribution in [0.5, 0.6) is 5.75 Å². The Morgan fingerprint density at radius 3 is 2.57 bits per heavy atom. The molecule has 21 heavy (non-hydrogen) atoms. The third kappa shape index (κ3) is 3.24. The lowest BCUT2D eigenvalue weighted by Crippen LogP contribution is -2.12. The number of hydrogen-bond acceptors (Lipinski definition) is 4. The molecule has 8 heteroatoms. The minimum Gasteiger partial charge on any atom is -0.506 e. The first-order valence-electron chi connectivity index (χ1n) is 5.63. The van der Waals surface area contributed by atoms with Gasteiger partial charge in [-0.25, -0.2) is 0 Å². The van der Waals surface area contributed by atoms with Gasteiger partial charge in [-0.2, -0.15) is 0 Å². The van der Waals surface area contributed by atoms with Crippen molar-refractivity contribution in [1.82, 2.24) is 0 Å². The number of carbonyl (C=O) groups is 1. The Hall–Kier alpha value is -2.31. The monoisotopic (exact) mass is 326 g/mol. The van der Waals surface area contributed by atoms with Crippen molar-refractivity contribution in [2.75, 3.05) is 5.32 Å². The van der Waals surface area contributed by atoms with Crippen LogP contribution in [0.15, 0.2) is 36.4 Å². The summed E-state index contributed by atoms with van der Waals surface area (Å²) in [5.41, 5.74) is 0.0751. The van der Waals surface area contributed by atoms with E-state index in [0.29, 0.717) is 0 Å². The maximum absolute atomic E-state index is 12.1. The van der Waals surface area contributed by atoms with E-state index in [9.17, 15) is 20.0 Å². The standard InChI is InChI=1S/C13H8Cl2N2O4/c14-9-6-7(17(20)21)4-5-10(9)16-13(19)8-2-1-3-11(18)12(8)15/h1-6,18H,(H,16,19). The molecular weight excluding hydrogens is 319 g/mol. The molecule has 108 valence electrons. The second-order valence-electron chi connectivity index (χ2n) is 4.01. The van der Waals surface area contributed by atoms with Crippen molar-refractivity contribution in [3.8, 4) is 5.75 Å². The molecule has 0 spiro atoms. The molecular formula is C13H8Cl2N2O4. The highest BCUT2D eigenvalue weighted by Crippen LogP contribution is 2.30. The molecule has 1 amide bonds. The second kappa shape index (κ2) is 5.99. The minimum atomic E-state index is -0.594. The first-order valence-corrected chi connectivity index (χ1v) is 6.38. The fourth-order valence-corrected chi connectivity index (χ4v) is 2.04. The molecule has 2 aromatic rings. The van der Waals surface area contributed by atoms with Gasteiger partial charge in [-0.05, 0) is 18.2 Å². The number of nitrogens with zero attached hydrogens (tertiary/aromatic N) is 1. The minimum absolute atomic E-state index is 0.0221. The predicted molar refractivity (Wildman–Crippen MR) is 79.2 cm³/mol. The molecule has 6 nitrogen and oxygen atoms in total. The van der Waals surface area contributed by atoms with Gasteiger partial charge in [0.2, 0.25) is 0 Å². The number of non-ortho nitro benzene ring substituents is 1. The molecule has 2 aromatic carbocycles. The summed E-state index contributed by atoms with van der Waals surface area (Å²) in [7, 11) is 0. The molecule has 0 heterocycles. The molecule has 0 aliphatic carbocycles. The third-order valence-corrected chi connectivity index (χ3v) is 3.34. The van der Waals surface area contributed by atoms with Crippen LogP contribution >= 0.6 is 23.2 Å². The molecule has 2 N–H and O–H groups in total. The van der Waals surface area contributed by atoms with Crippen LogP contribution in [0.1, 0.15) is 10.4 Å². The van der Waals surface area contributed by atoms with Crippen LogP contribution in [-0.2, 0) is 0 Å². The van der Waals surface area contributed by atoms with Gasteiger partial charge >= 0.3 is 0 Å². The van der Waals surface area contributed by atoms with Crippen molar-refractivity contribution in [3.63, 3.8) is 0 Å². The summed E-state index contributed by atoms with van der Waals surface area (Å²) < 4.78 is 0. The van der Waals surface area contributed by atoms with Crippen LogP contribution < -0.4 is 5.32 Å². The lowest BCUT2D eigenvalue weighted by Gasteiger charge is -2.09. The first-order chi connectivity index (χ1) is 9.90. The van der Waals surface area contributed by atoms with E-state index in [1.165, 1.54) is 30.3 Å². The molecule has 0 saturated heterocycles. The number of nitrogens with one attached hydrogen (secondary N) is 1. The normalized spacial score (nSPS) is 10.2. The molecule has 0 unspecified atom stereocenters. The Morgan fingerprint density at radius 1 is 1.24 bits per heavy atom. The lowest BCUT2D eigenvalue weighted by molar-refractivity contribution is -0.384. The van der Waals surface area contributed by atoms with Gasteiger partial charge in [-0.3, -0.25) is 14.9 Å². The van der Waals surface area contributed by atoms with E-state index in [2.05, 4.69) is 5.32 Å². The van der Waals surface area contributed by atoms with Crippen molar-refractivity contribution < 1.29 is 14.8 Å². The van der Waals surface area contributed by atoms with E-state index in [1.54, 1.807) is 0 Å². The van der Waals surface area contributed by atoms with Gasteiger partial charge in [0, 0.05) is 12.1 Å². The zero-order valence-electron chi connectivity index (χ0n) is 10.3. The van der Waals surface area contributed by atoms with E-state index < -0.39 is 10.8 Å². The number of benzene rings is 2. The van der Waals surface area contributed by atoms with E-state index in [0.717, 1.165) is 6.07 Å². The summed E-state index contributed by atoms with van der Waals surface area (Å²) in [4.78, 5) is 22.1. The molecule has 0 aliphatic rings. The zero-order chi connectivity index (χ0) is 15.6. The number of halogens is 2. The van der Waals surface area contributed by atoms with Crippen molar-refractivity contribution in [2.45, 2.75) is 0 Å². The molecule has 0 fully saturated rings. The Kier molecular flexibility index (Phi) is 4.30. The average Bonchev–Trinajstić information content (AvgIpc) is 2.43. The van der Waals surface area contributed by atoms with Gasteiger partial charge in [-0.15, -0.1) is 0 Å². The summed E-state index contributed by atoms with van der Waals surface area (Å²) in [6, 6.07) is 7.89. The number of rotatable bonds is 3. The van der Waals surface area contributed by atoms with Gasteiger partial charge in [-0.1, -0.05) is 29.3 Å². The first kappa shape index (κ1) is 15.1. The Labute approximate surface area is 129 Å². The quantitative estimate of drug-likeness (QED) is 0.661. The number of nitro benzene ring substituents is 1. The number of nitro groups is 1. The number of carbonyl (C=O) groups excluding carboxylic acids is 1. The van der Waals surface area contributed by atoms with Crippen LogP contribution in [0.3, 0.4) is 0 Å². The number of phenolic OH excluding ortho intramolecular Hbond substituents is 1. The smallest absolute Gasteiger partial charge is 0.271 e. The average molecular weight is 327 g/mol. The number of aromatic hydroxyl groups is 1. The third-order valence-electron chi connectivity index (χ3n) is 2.63. The fraction of sp³-hybridized carbons (Fsp3) is 0. The maximum Gasteiger partial charge on any atom is 0.271 e. The van der Waals surface area contributed by atoms with E-state index in [-0.39, 0.29) is 32.7 Å². The summed E-state index contributed by atoms with van der Waals surface area (Å²) >= 11 is 11.7. The summed E-state index contributed by atoms with van der Waals surface area (Å²) in [5, 5.41) is 22.5. The summed E-state index contributed by atoms with van der Waals surface area (Å²) in [6.45, 7) is 0. The maximum atomic E-state index is 12.1. The molecule has 0 aromatic heterocycles. The van der Waals surface area contributed by atoms with Gasteiger partial charge in [0.05, 0.1) is 26.2 Å². The van der Waals surface area contributed by atoms with Gasteiger partial charge in [0.25, 0.3) is 11.6 Å². The van der Waals surface area contributed by atoms with Crippen molar-refractivity contribution in [2.24, 2.45) is 0 Å². The Bertz CT molecular complexity index is 734. The number of amides is 1. The van der Waals surface area contributed by atoms with E-state index in [1.807, 2.05) is 0 Å². The van der Waals surface area contributed by atoms with E-state index >= 15 is 0 Å². The fourth-order valence-electron chi connectivity index (χ4n) is 1.60. The highest BCUT2D eigenvalue weighted by molar-refractivity contribution is 6.36. The second-order valence-corrected chi connectivity index (χ2v) is 4.80. The predicted octanol–water partition coefficient (Wildman–Crippen LogP) is 3.86. The summed E-state index contributed by atoms with van der Waals surface area (Å²) in [6.07, 6.45) is 0. The van der Waals surface area contributed by atoms with Crippen LogP contribution in [-0.4, -0.2) is 15.9 Å². The van der Waals surface area contributed by atoms with Crippen LogP contribution in [0.2, 0.25) is 10.0 Å². The van der Waals surface area contributed by atoms with Crippen molar-refractivity contribution >= 4 is 40.5 Å². The molecule has 0 bridgehead atoms. The van der Waals surface area contributed by atoms with Crippen molar-refractivity contribution in [1.29, 1.82) is 0 Å². The molecule has 0 saturated carbocycles. The number of hydrogen-bond donors (Lipinski definition) is 2.